The smallest absolute Gasteiger partial charge is 0.410 e. The number of carbonyl (C=O) groups is 1. The van der Waals surface area contributed by atoms with Gasteiger partial charge < -0.3 is 19.9 Å². The van der Waals surface area contributed by atoms with Gasteiger partial charge >= 0.3 is 6.09 Å². The number of rotatable bonds is 8. The summed E-state index contributed by atoms with van der Waals surface area (Å²) in [4.78, 5) is 23.4. The topological polar surface area (TPSA) is 78.2 Å². The van der Waals surface area contributed by atoms with Crippen LogP contribution in [-0.2, 0) is 4.74 Å². The van der Waals surface area contributed by atoms with Crippen LogP contribution in [0.4, 0.5) is 10.7 Å². The molecule has 1 amide bonds. The molecule has 0 aliphatic carbocycles. The van der Waals surface area contributed by atoms with Gasteiger partial charge in [0.05, 0.1) is 6.61 Å². The fraction of sp³-hybridized carbons (Fsp3) is 0.414. The van der Waals surface area contributed by atoms with Crippen molar-refractivity contribution >= 4 is 23.3 Å². The fourth-order valence-electron chi connectivity index (χ4n) is 5.43. The van der Waals surface area contributed by atoms with Crippen molar-refractivity contribution in [2.24, 2.45) is 0 Å². The van der Waals surface area contributed by atoms with Crippen LogP contribution >= 0.6 is 0 Å². The average Bonchev–Trinajstić information content (AvgIpc) is 3.57. The van der Waals surface area contributed by atoms with E-state index in [4.69, 9.17) is 9.72 Å². The molecule has 3 aliphatic rings. The molecule has 5 heterocycles. The van der Waals surface area contributed by atoms with E-state index >= 15 is 0 Å². The van der Waals surface area contributed by atoms with Crippen LogP contribution in [0.5, 0.6) is 0 Å². The summed E-state index contributed by atoms with van der Waals surface area (Å²) >= 11 is 0. The Bertz CT molecular complexity index is 1310. The van der Waals surface area contributed by atoms with E-state index in [1.807, 2.05) is 37.4 Å². The molecule has 2 aromatic rings. The van der Waals surface area contributed by atoms with Crippen molar-refractivity contribution in [2.75, 3.05) is 51.2 Å². The Labute approximate surface area is 224 Å². The van der Waals surface area contributed by atoms with Crippen LogP contribution < -0.4 is 5.32 Å². The third-order valence-electron chi connectivity index (χ3n) is 7.54. The first-order valence-electron chi connectivity index (χ1n) is 13.4. The zero-order valence-corrected chi connectivity index (χ0v) is 22.2. The third kappa shape index (κ3) is 5.52. The van der Waals surface area contributed by atoms with Crippen LogP contribution in [0.2, 0.25) is 0 Å². The lowest BCUT2D eigenvalue weighted by Gasteiger charge is -2.39. The van der Waals surface area contributed by atoms with Crippen LogP contribution in [0, 0.1) is 0 Å². The highest BCUT2D eigenvalue weighted by Gasteiger charge is 2.31. The second kappa shape index (κ2) is 11.3. The van der Waals surface area contributed by atoms with Crippen molar-refractivity contribution in [3.63, 3.8) is 0 Å². The van der Waals surface area contributed by atoms with E-state index < -0.39 is 0 Å². The highest BCUT2D eigenvalue weighted by atomic mass is 16.6. The Morgan fingerprint density at radius 3 is 2.84 bits per heavy atom. The van der Waals surface area contributed by atoms with Gasteiger partial charge in [0.1, 0.15) is 0 Å². The van der Waals surface area contributed by atoms with Crippen molar-refractivity contribution in [3.8, 4) is 0 Å². The van der Waals surface area contributed by atoms with Gasteiger partial charge in [-0.1, -0.05) is 31.9 Å². The monoisotopic (exact) mass is 515 g/mol. The summed E-state index contributed by atoms with van der Waals surface area (Å²) in [7, 11) is 0. The van der Waals surface area contributed by atoms with E-state index in [0.717, 1.165) is 54.1 Å². The number of pyridine rings is 1. The van der Waals surface area contributed by atoms with Crippen LogP contribution in [0.15, 0.2) is 73.3 Å². The molecule has 9 nitrogen and oxygen atoms in total. The minimum atomic E-state index is -0.274. The van der Waals surface area contributed by atoms with E-state index in [2.05, 4.69) is 46.0 Å². The summed E-state index contributed by atoms with van der Waals surface area (Å²) in [5.41, 5.74) is 5.42. The predicted octanol–water partition coefficient (Wildman–Crippen LogP) is 4.31. The standard InChI is InChI=1S/C29H37N7O2/c1-5-38-29(37)34-16-12-24(13-17-34)26-9-7-15-36-27(26)31-28(32-36)30-22(3)11-10-21(2)23(4)35-19-18-33-14-6-8-25(33)20-35/h7,9-12,15,25H,2-6,8,13-14,16-20H2,1H3,(H,30,32)/b11-10-. The molecule has 0 saturated carbocycles. The van der Waals surface area contributed by atoms with E-state index in [-0.39, 0.29) is 6.09 Å². The normalized spacial score (nSPS) is 19.9. The largest absolute Gasteiger partial charge is 0.450 e. The number of piperazine rings is 1. The number of hydrogen-bond acceptors (Lipinski definition) is 7. The Kier molecular flexibility index (Phi) is 7.64. The lowest BCUT2D eigenvalue weighted by Crippen LogP contribution is -2.49. The molecule has 0 radical (unpaired) electrons. The summed E-state index contributed by atoms with van der Waals surface area (Å²) < 4.78 is 6.88. The molecule has 2 aromatic heterocycles. The highest BCUT2D eigenvalue weighted by Crippen LogP contribution is 2.27. The van der Waals surface area contributed by atoms with Gasteiger partial charge in [-0.3, -0.25) is 4.90 Å². The van der Waals surface area contributed by atoms with Gasteiger partial charge in [-0.05, 0) is 62.1 Å². The van der Waals surface area contributed by atoms with E-state index in [9.17, 15) is 4.79 Å². The SMILES string of the molecule is C=C(/C=C\C(=C)C(=C)N1CCN2CCCC2C1)Nc1nc2c(C3=CCN(C(=O)OCC)CC3)cccn2n1. The Balaban J connectivity index is 1.20. The summed E-state index contributed by atoms with van der Waals surface area (Å²) in [5.74, 6) is 0.471. The van der Waals surface area contributed by atoms with Gasteiger partial charge in [0.2, 0.25) is 5.95 Å². The van der Waals surface area contributed by atoms with Crippen molar-refractivity contribution < 1.29 is 9.53 Å². The first-order valence-corrected chi connectivity index (χ1v) is 13.4. The summed E-state index contributed by atoms with van der Waals surface area (Å²) in [6.45, 7) is 20.3. The zero-order valence-electron chi connectivity index (χ0n) is 22.2. The van der Waals surface area contributed by atoms with Crippen molar-refractivity contribution in [3.05, 3.63) is 78.8 Å². The molecule has 1 atom stereocenters. The maximum Gasteiger partial charge on any atom is 0.410 e. The molecule has 3 aliphatic heterocycles. The molecule has 9 heteroatoms. The second-order valence-corrected chi connectivity index (χ2v) is 9.98. The van der Waals surface area contributed by atoms with E-state index in [0.29, 0.717) is 37.4 Å². The van der Waals surface area contributed by atoms with Crippen LogP contribution in [0.1, 0.15) is 31.7 Å². The van der Waals surface area contributed by atoms with Gasteiger partial charge in [-0.15, -0.1) is 5.10 Å². The zero-order chi connectivity index (χ0) is 26.6. The number of aromatic nitrogens is 3. The number of amides is 1. The van der Waals surface area contributed by atoms with Crippen LogP contribution in [-0.4, -0.2) is 87.3 Å². The number of carbonyl (C=O) groups excluding carboxylic acids is 1. The molecular formula is C29H37N7O2. The molecular weight excluding hydrogens is 478 g/mol. The second-order valence-electron chi connectivity index (χ2n) is 9.98. The number of hydrogen-bond donors (Lipinski definition) is 1. The summed E-state index contributed by atoms with van der Waals surface area (Å²) in [6.07, 6.45) is 10.8. The Morgan fingerprint density at radius 1 is 1.18 bits per heavy atom. The van der Waals surface area contributed by atoms with Gasteiger partial charge in [-0.25, -0.2) is 9.31 Å². The van der Waals surface area contributed by atoms with Crippen molar-refractivity contribution in [1.29, 1.82) is 0 Å². The number of anilines is 1. The summed E-state index contributed by atoms with van der Waals surface area (Å²) in [5, 5.41) is 7.77. The Hall–Kier alpha value is -3.85. The molecule has 0 bridgehead atoms. The number of allylic oxidation sites excluding steroid dienone is 2. The molecule has 200 valence electrons. The van der Waals surface area contributed by atoms with Gasteiger partial charge in [0.25, 0.3) is 0 Å². The number of fused-ring (bicyclic) bond motifs is 2. The van der Waals surface area contributed by atoms with Crippen molar-refractivity contribution in [1.82, 2.24) is 29.3 Å². The van der Waals surface area contributed by atoms with E-state index in [1.54, 1.807) is 9.42 Å². The molecule has 0 aromatic carbocycles. The van der Waals surface area contributed by atoms with Gasteiger partial charge in [0.15, 0.2) is 5.65 Å². The summed E-state index contributed by atoms with van der Waals surface area (Å²) in [6, 6.07) is 4.63. The number of ether oxygens (including phenoxy) is 1. The maximum atomic E-state index is 12.0. The molecule has 1 N–H and O–H groups in total. The van der Waals surface area contributed by atoms with Gasteiger partial charge in [-0.2, -0.15) is 4.98 Å². The van der Waals surface area contributed by atoms with E-state index in [1.165, 1.54) is 19.4 Å². The van der Waals surface area contributed by atoms with Gasteiger partial charge in [0, 0.05) is 61.9 Å². The predicted molar refractivity (Wildman–Crippen MR) is 151 cm³/mol. The van der Waals surface area contributed by atoms with Crippen molar-refractivity contribution in [2.45, 2.75) is 32.2 Å². The first-order chi connectivity index (χ1) is 18.4. The molecule has 2 fully saturated rings. The highest BCUT2D eigenvalue weighted by molar-refractivity contribution is 5.78. The van der Waals surface area contributed by atoms with Crippen LogP contribution in [0.25, 0.3) is 11.2 Å². The molecule has 38 heavy (non-hydrogen) atoms. The minimum absolute atomic E-state index is 0.274. The van der Waals surface area contributed by atoms with Crippen LogP contribution in [0.3, 0.4) is 0 Å². The average molecular weight is 516 g/mol. The molecule has 1 unspecified atom stereocenters. The molecule has 5 rings (SSSR count). The quantitative estimate of drug-likeness (QED) is 0.525. The lowest BCUT2D eigenvalue weighted by molar-refractivity contribution is 0.111. The first kappa shape index (κ1) is 25.8. The fourth-order valence-corrected chi connectivity index (χ4v) is 5.43. The maximum absolute atomic E-state index is 12.0. The third-order valence-corrected chi connectivity index (χ3v) is 7.54. The Morgan fingerprint density at radius 2 is 2.05 bits per heavy atom. The number of nitrogens with one attached hydrogen (secondary N) is 1. The lowest BCUT2D eigenvalue weighted by atomic mass is 10.0. The number of nitrogens with zero attached hydrogens (tertiary/aromatic N) is 6. The molecule has 2 saturated heterocycles. The minimum Gasteiger partial charge on any atom is -0.450 e. The molecule has 0 spiro atoms.